The average molecular weight is 243 g/mol. The lowest BCUT2D eigenvalue weighted by Gasteiger charge is -2.17. The van der Waals surface area contributed by atoms with E-state index in [1.807, 2.05) is 0 Å². The first kappa shape index (κ1) is 15.4. The maximum Gasteiger partial charge on any atom is 0.242 e. The van der Waals surface area contributed by atoms with E-state index < -0.39 is 12.1 Å². The number of carbonyl (C=O) groups is 3. The fourth-order valence-electron chi connectivity index (χ4n) is 1.14. The predicted molar refractivity (Wildman–Crippen MR) is 64.2 cm³/mol. The summed E-state index contributed by atoms with van der Waals surface area (Å²) in [5.74, 6) is -0.807. The van der Waals surface area contributed by atoms with Gasteiger partial charge in [-0.3, -0.25) is 14.4 Å². The molecule has 0 unspecified atom stereocenters. The average Bonchev–Trinajstić information content (AvgIpc) is 2.28. The largest absolute Gasteiger partial charge is 0.355 e. The van der Waals surface area contributed by atoms with Crippen LogP contribution in [0.5, 0.6) is 0 Å². The van der Waals surface area contributed by atoms with Gasteiger partial charge in [-0.1, -0.05) is 6.92 Å². The van der Waals surface area contributed by atoms with Crippen LogP contribution in [0.25, 0.3) is 0 Å². The topological polar surface area (TPSA) is 87.3 Å². The van der Waals surface area contributed by atoms with E-state index in [0.717, 1.165) is 0 Å². The van der Waals surface area contributed by atoms with Crippen molar-refractivity contribution in [3.05, 3.63) is 0 Å². The Hall–Kier alpha value is -1.59. The highest BCUT2D eigenvalue weighted by Gasteiger charge is 2.19. The van der Waals surface area contributed by atoms with E-state index in [9.17, 15) is 14.4 Å². The van der Waals surface area contributed by atoms with E-state index in [2.05, 4.69) is 16.0 Å². The van der Waals surface area contributed by atoms with Crippen LogP contribution in [0.15, 0.2) is 0 Å². The van der Waals surface area contributed by atoms with Crippen molar-refractivity contribution in [1.29, 1.82) is 0 Å². The van der Waals surface area contributed by atoms with E-state index in [0.29, 0.717) is 13.0 Å². The molecule has 0 fully saturated rings. The van der Waals surface area contributed by atoms with Crippen molar-refractivity contribution in [2.45, 2.75) is 46.2 Å². The van der Waals surface area contributed by atoms with Crippen molar-refractivity contribution in [3.63, 3.8) is 0 Å². The van der Waals surface area contributed by atoms with Crippen LogP contribution in [0.1, 0.15) is 34.1 Å². The fraction of sp³-hybridized carbons (Fsp3) is 0.727. The van der Waals surface area contributed by atoms with Gasteiger partial charge in [-0.25, -0.2) is 0 Å². The van der Waals surface area contributed by atoms with Crippen molar-refractivity contribution in [2.75, 3.05) is 6.54 Å². The second-order valence-corrected chi connectivity index (χ2v) is 3.77. The second kappa shape index (κ2) is 7.65. The summed E-state index contributed by atoms with van der Waals surface area (Å²) < 4.78 is 0. The van der Waals surface area contributed by atoms with Crippen LogP contribution < -0.4 is 16.0 Å². The Bertz CT molecular complexity index is 292. The quantitative estimate of drug-likeness (QED) is 0.590. The summed E-state index contributed by atoms with van der Waals surface area (Å²) in [6.07, 6.45) is 0.323. The van der Waals surface area contributed by atoms with Gasteiger partial charge >= 0.3 is 0 Å². The van der Waals surface area contributed by atoms with Gasteiger partial charge in [-0.15, -0.1) is 0 Å². The van der Waals surface area contributed by atoms with Gasteiger partial charge in [0.05, 0.1) is 0 Å². The van der Waals surface area contributed by atoms with E-state index in [1.165, 1.54) is 0 Å². The summed E-state index contributed by atoms with van der Waals surface area (Å²) in [7, 11) is 0. The van der Waals surface area contributed by atoms with Crippen LogP contribution in [0.4, 0.5) is 0 Å². The molecule has 98 valence electrons. The number of hydrogen-bond donors (Lipinski definition) is 3. The Morgan fingerprint density at radius 2 is 1.47 bits per heavy atom. The third-order valence-corrected chi connectivity index (χ3v) is 2.19. The maximum atomic E-state index is 11.6. The minimum absolute atomic E-state index is 0.196. The first-order valence-electron chi connectivity index (χ1n) is 5.79. The lowest BCUT2D eigenvalue weighted by atomic mass is 10.2. The van der Waals surface area contributed by atoms with Gasteiger partial charge < -0.3 is 16.0 Å². The van der Waals surface area contributed by atoms with Crippen molar-refractivity contribution in [3.8, 4) is 0 Å². The Kier molecular flexibility index (Phi) is 6.93. The Balaban J connectivity index is 4.15. The normalized spacial score (nSPS) is 13.4. The van der Waals surface area contributed by atoms with Gasteiger partial charge in [-0.05, 0) is 20.8 Å². The van der Waals surface area contributed by atoms with Crippen LogP contribution in [0, 0.1) is 0 Å². The third kappa shape index (κ3) is 5.89. The highest BCUT2D eigenvalue weighted by molar-refractivity contribution is 5.91. The number of likely N-dealkylation sites (N-methyl/N-ethyl adjacent to an activating group) is 1. The molecule has 0 rings (SSSR count). The summed E-state index contributed by atoms with van der Waals surface area (Å²) in [4.78, 5) is 34.1. The molecule has 0 aromatic carbocycles. The Labute approximate surface area is 102 Å². The molecule has 3 N–H and O–H groups in total. The zero-order valence-corrected chi connectivity index (χ0v) is 10.8. The SMILES string of the molecule is CCNC(=O)[C@H](C)NC(=O)[C@H](C)NC(=O)CC. The van der Waals surface area contributed by atoms with Crippen LogP contribution >= 0.6 is 0 Å². The molecule has 0 radical (unpaired) electrons. The predicted octanol–water partition coefficient (Wildman–Crippen LogP) is -0.458. The molecule has 0 aliphatic rings. The molecule has 0 aliphatic heterocycles. The number of hydrogen-bond acceptors (Lipinski definition) is 3. The van der Waals surface area contributed by atoms with Gasteiger partial charge in [0, 0.05) is 13.0 Å². The lowest BCUT2D eigenvalue weighted by Crippen LogP contribution is -2.51. The third-order valence-electron chi connectivity index (χ3n) is 2.19. The molecule has 3 amide bonds. The van der Waals surface area contributed by atoms with E-state index in [-0.39, 0.29) is 17.7 Å². The molecule has 6 heteroatoms. The standard InChI is InChI=1S/C11H21N3O3/c1-5-9(15)13-8(4)11(17)14-7(3)10(16)12-6-2/h7-8H,5-6H2,1-4H3,(H,12,16)(H,13,15)(H,14,17)/t7-,8-/m0/s1. The lowest BCUT2D eigenvalue weighted by molar-refractivity contribution is -0.131. The van der Waals surface area contributed by atoms with Crippen molar-refractivity contribution in [1.82, 2.24) is 16.0 Å². The zero-order valence-electron chi connectivity index (χ0n) is 10.8. The maximum absolute atomic E-state index is 11.6. The molecule has 0 aromatic rings. The van der Waals surface area contributed by atoms with Crippen LogP contribution in [0.3, 0.4) is 0 Å². The van der Waals surface area contributed by atoms with Crippen molar-refractivity contribution >= 4 is 17.7 Å². The fourth-order valence-corrected chi connectivity index (χ4v) is 1.14. The summed E-state index contributed by atoms with van der Waals surface area (Å²) in [6, 6.07) is -1.25. The molecular weight excluding hydrogens is 222 g/mol. The molecule has 0 saturated heterocycles. The van der Waals surface area contributed by atoms with Gasteiger partial charge in [0.15, 0.2) is 0 Å². The number of nitrogens with one attached hydrogen (secondary N) is 3. The molecule has 0 spiro atoms. The van der Waals surface area contributed by atoms with Gasteiger partial charge in [0.2, 0.25) is 17.7 Å². The van der Waals surface area contributed by atoms with Gasteiger partial charge in [0.25, 0.3) is 0 Å². The highest BCUT2D eigenvalue weighted by atomic mass is 16.2. The second-order valence-electron chi connectivity index (χ2n) is 3.77. The molecule has 6 nitrogen and oxygen atoms in total. The van der Waals surface area contributed by atoms with Crippen molar-refractivity contribution < 1.29 is 14.4 Å². The molecule has 0 heterocycles. The minimum Gasteiger partial charge on any atom is -0.355 e. The minimum atomic E-state index is -0.640. The molecule has 0 saturated carbocycles. The summed E-state index contributed by atoms with van der Waals surface area (Å²) in [6.45, 7) is 7.19. The van der Waals surface area contributed by atoms with Crippen LogP contribution in [-0.2, 0) is 14.4 Å². The first-order valence-corrected chi connectivity index (χ1v) is 5.79. The van der Waals surface area contributed by atoms with E-state index >= 15 is 0 Å². The molecule has 2 atom stereocenters. The zero-order chi connectivity index (χ0) is 13.4. The highest BCUT2D eigenvalue weighted by Crippen LogP contribution is 1.88. The molecule has 17 heavy (non-hydrogen) atoms. The van der Waals surface area contributed by atoms with E-state index in [4.69, 9.17) is 0 Å². The first-order chi connectivity index (χ1) is 7.92. The number of amides is 3. The van der Waals surface area contributed by atoms with Gasteiger partial charge in [0.1, 0.15) is 12.1 Å². The summed E-state index contributed by atoms with van der Waals surface area (Å²) in [5.41, 5.74) is 0. The molecular formula is C11H21N3O3. The Morgan fingerprint density at radius 1 is 0.941 bits per heavy atom. The molecule has 0 aromatic heterocycles. The summed E-state index contributed by atoms with van der Waals surface area (Å²) in [5, 5.41) is 7.65. The number of rotatable bonds is 6. The Morgan fingerprint density at radius 3 is 1.94 bits per heavy atom. The van der Waals surface area contributed by atoms with Crippen molar-refractivity contribution in [2.24, 2.45) is 0 Å². The molecule has 0 aliphatic carbocycles. The smallest absolute Gasteiger partial charge is 0.242 e. The number of carbonyl (C=O) groups excluding carboxylic acids is 3. The van der Waals surface area contributed by atoms with Crippen LogP contribution in [-0.4, -0.2) is 36.3 Å². The monoisotopic (exact) mass is 243 g/mol. The van der Waals surface area contributed by atoms with E-state index in [1.54, 1.807) is 27.7 Å². The van der Waals surface area contributed by atoms with Gasteiger partial charge in [-0.2, -0.15) is 0 Å². The van der Waals surface area contributed by atoms with Crippen LogP contribution in [0.2, 0.25) is 0 Å². The summed E-state index contributed by atoms with van der Waals surface area (Å²) >= 11 is 0. The molecule has 0 bridgehead atoms.